The van der Waals surface area contributed by atoms with Crippen LogP contribution in [0.2, 0.25) is 0 Å². The second kappa shape index (κ2) is 6.12. The first kappa shape index (κ1) is 13.3. The third-order valence-electron chi connectivity index (χ3n) is 4.25. The van der Waals surface area contributed by atoms with E-state index >= 15 is 0 Å². The number of carbonyl (C=O) groups is 1. The molecule has 0 aromatic carbocycles. The quantitative estimate of drug-likeness (QED) is 0.810. The molecule has 2 rings (SSSR count). The molecule has 2 heteroatoms. The molecule has 2 unspecified atom stereocenters. The number of Topliss-reactive ketones (excluding diaryl/α,β-unsaturated/α-hetero) is 1. The van der Waals surface area contributed by atoms with Crippen molar-refractivity contribution in [2.45, 2.75) is 46.0 Å². The summed E-state index contributed by atoms with van der Waals surface area (Å²) in [7, 11) is 0. The summed E-state index contributed by atoms with van der Waals surface area (Å²) in [5.74, 6) is 2.21. The third kappa shape index (κ3) is 3.41. The first-order valence-electron chi connectivity index (χ1n) is 7.08. The van der Waals surface area contributed by atoms with Crippen molar-refractivity contribution in [1.82, 2.24) is 4.98 Å². The number of aryl methyl sites for hydroxylation is 1. The van der Waals surface area contributed by atoms with Gasteiger partial charge in [-0.25, -0.2) is 0 Å². The molecule has 1 aromatic heterocycles. The topological polar surface area (TPSA) is 30.0 Å². The second-order valence-electron chi connectivity index (χ2n) is 5.84. The van der Waals surface area contributed by atoms with Crippen molar-refractivity contribution in [2.24, 2.45) is 17.8 Å². The number of hydrogen-bond donors (Lipinski definition) is 0. The van der Waals surface area contributed by atoms with Crippen molar-refractivity contribution in [3.63, 3.8) is 0 Å². The van der Waals surface area contributed by atoms with Gasteiger partial charge in [0.15, 0.2) is 0 Å². The first-order valence-corrected chi connectivity index (χ1v) is 7.08. The van der Waals surface area contributed by atoms with Crippen molar-refractivity contribution in [3.05, 3.63) is 30.1 Å². The summed E-state index contributed by atoms with van der Waals surface area (Å²) in [5.41, 5.74) is 1.25. The van der Waals surface area contributed by atoms with Crippen LogP contribution in [0.1, 0.15) is 45.1 Å². The van der Waals surface area contributed by atoms with Gasteiger partial charge in [0.25, 0.3) is 0 Å². The van der Waals surface area contributed by atoms with E-state index in [2.05, 4.69) is 24.9 Å². The van der Waals surface area contributed by atoms with Crippen LogP contribution < -0.4 is 0 Å². The predicted molar refractivity (Wildman–Crippen MR) is 73.2 cm³/mol. The van der Waals surface area contributed by atoms with Crippen molar-refractivity contribution in [2.75, 3.05) is 0 Å². The molecule has 18 heavy (non-hydrogen) atoms. The fraction of sp³-hybridized carbons (Fsp3) is 0.625. The van der Waals surface area contributed by atoms with Gasteiger partial charge in [0, 0.05) is 24.7 Å². The maximum Gasteiger partial charge on any atom is 0.136 e. The Labute approximate surface area is 110 Å². The maximum atomic E-state index is 12.0. The molecular formula is C16H23NO. The Morgan fingerprint density at radius 3 is 2.94 bits per heavy atom. The summed E-state index contributed by atoms with van der Waals surface area (Å²) >= 11 is 0. The largest absolute Gasteiger partial charge is 0.299 e. The van der Waals surface area contributed by atoms with E-state index < -0.39 is 0 Å². The zero-order valence-electron chi connectivity index (χ0n) is 11.4. The fourth-order valence-corrected chi connectivity index (χ4v) is 2.92. The highest BCUT2D eigenvalue weighted by atomic mass is 16.1. The fourth-order valence-electron chi connectivity index (χ4n) is 2.92. The normalized spacial score (nSPS) is 24.5. The van der Waals surface area contributed by atoms with Crippen LogP contribution >= 0.6 is 0 Å². The van der Waals surface area contributed by atoms with Gasteiger partial charge in [-0.1, -0.05) is 19.9 Å². The number of aromatic nitrogens is 1. The van der Waals surface area contributed by atoms with Gasteiger partial charge in [-0.2, -0.15) is 0 Å². The van der Waals surface area contributed by atoms with Crippen molar-refractivity contribution in [3.8, 4) is 0 Å². The van der Waals surface area contributed by atoms with Crippen LogP contribution in [0.3, 0.4) is 0 Å². The van der Waals surface area contributed by atoms with E-state index in [0.29, 0.717) is 11.7 Å². The third-order valence-corrected chi connectivity index (χ3v) is 4.25. The summed E-state index contributed by atoms with van der Waals surface area (Å²) in [6.45, 7) is 4.55. The first-order chi connectivity index (χ1) is 8.66. The molecule has 98 valence electrons. The van der Waals surface area contributed by atoms with Crippen LogP contribution in [0.25, 0.3) is 0 Å². The summed E-state index contributed by atoms with van der Waals surface area (Å²) in [4.78, 5) is 16.1. The van der Waals surface area contributed by atoms with E-state index in [1.54, 1.807) is 6.20 Å². The number of pyridine rings is 1. The van der Waals surface area contributed by atoms with Gasteiger partial charge in [-0.3, -0.25) is 9.78 Å². The molecule has 1 heterocycles. The molecule has 1 saturated carbocycles. The molecule has 0 radical (unpaired) electrons. The van der Waals surface area contributed by atoms with Gasteiger partial charge in [0.2, 0.25) is 0 Å². The zero-order chi connectivity index (χ0) is 13.0. The monoisotopic (exact) mass is 245 g/mol. The summed E-state index contributed by atoms with van der Waals surface area (Å²) in [6.07, 6.45) is 8.66. The van der Waals surface area contributed by atoms with Gasteiger partial charge < -0.3 is 0 Å². The molecule has 0 N–H and O–H groups in total. The van der Waals surface area contributed by atoms with Crippen molar-refractivity contribution >= 4 is 5.78 Å². The highest BCUT2D eigenvalue weighted by Gasteiger charge is 2.29. The molecule has 0 saturated heterocycles. The van der Waals surface area contributed by atoms with Crippen LogP contribution in [-0.2, 0) is 11.2 Å². The van der Waals surface area contributed by atoms with E-state index in [1.807, 2.05) is 12.3 Å². The number of hydrogen-bond acceptors (Lipinski definition) is 2. The molecule has 1 fully saturated rings. The summed E-state index contributed by atoms with van der Waals surface area (Å²) in [5, 5.41) is 0. The molecule has 0 spiro atoms. The minimum Gasteiger partial charge on any atom is -0.299 e. The SMILES string of the molecule is CC(C)C1CCC(=O)C(CCc2cccnc2)C1. The molecular weight excluding hydrogens is 222 g/mol. The Morgan fingerprint density at radius 1 is 1.44 bits per heavy atom. The van der Waals surface area contributed by atoms with E-state index in [4.69, 9.17) is 0 Å². The smallest absolute Gasteiger partial charge is 0.136 e. The lowest BCUT2D eigenvalue weighted by molar-refractivity contribution is -0.126. The lowest BCUT2D eigenvalue weighted by Gasteiger charge is -2.30. The van der Waals surface area contributed by atoms with E-state index in [9.17, 15) is 4.79 Å². The van der Waals surface area contributed by atoms with Gasteiger partial charge in [-0.05, 0) is 49.1 Å². The van der Waals surface area contributed by atoms with E-state index in [-0.39, 0.29) is 5.92 Å². The van der Waals surface area contributed by atoms with Crippen molar-refractivity contribution < 1.29 is 4.79 Å². The molecule has 0 bridgehead atoms. The Kier molecular flexibility index (Phi) is 4.51. The molecule has 1 aromatic rings. The minimum absolute atomic E-state index is 0.284. The second-order valence-corrected chi connectivity index (χ2v) is 5.84. The predicted octanol–water partition coefficient (Wildman–Crippen LogP) is 3.66. The molecule has 2 atom stereocenters. The van der Waals surface area contributed by atoms with E-state index in [1.165, 1.54) is 5.56 Å². The van der Waals surface area contributed by atoms with E-state index in [0.717, 1.165) is 38.0 Å². The lowest BCUT2D eigenvalue weighted by atomic mass is 9.74. The average Bonchev–Trinajstić information content (AvgIpc) is 2.38. The molecule has 0 aliphatic heterocycles. The summed E-state index contributed by atoms with van der Waals surface area (Å²) in [6, 6.07) is 4.06. The van der Waals surface area contributed by atoms with Gasteiger partial charge >= 0.3 is 0 Å². The Hall–Kier alpha value is -1.18. The Morgan fingerprint density at radius 2 is 2.28 bits per heavy atom. The van der Waals surface area contributed by atoms with Crippen LogP contribution in [0.15, 0.2) is 24.5 Å². The maximum absolute atomic E-state index is 12.0. The average molecular weight is 245 g/mol. The van der Waals surface area contributed by atoms with Crippen LogP contribution in [0.4, 0.5) is 0 Å². The minimum atomic E-state index is 0.284. The molecule has 1 aliphatic carbocycles. The van der Waals surface area contributed by atoms with Gasteiger partial charge in [0.1, 0.15) is 5.78 Å². The van der Waals surface area contributed by atoms with Crippen molar-refractivity contribution in [1.29, 1.82) is 0 Å². The number of rotatable bonds is 4. The number of ketones is 1. The standard InChI is InChI=1S/C16H23NO/c1-12(2)14-7-8-16(18)15(10-14)6-5-13-4-3-9-17-11-13/h3-4,9,11-12,14-15H,5-8,10H2,1-2H3. The van der Waals surface area contributed by atoms with Gasteiger partial charge in [-0.15, -0.1) is 0 Å². The van der Waals surface area contributed by atoms with Crippen LogP contribution in [-0.4, -0.2) is 10.8 Å². The highest BCUT2D eigenvalue weighted by molar-refractivity contribution is 5.81. The summed E-state index contributed by atoms with van der Waals surface area (Å²) < 4.78 is 0. The molecule has 0 amide bonds. The highest BCUT2D eigenvalue weighted by Crippen LogP contribution is 2.33. The molecule has 1 aliphatic rings. The number of carbonyl (C=O) groups excluding carboxylic acids is 1. The van der Waals surface area contributed by atoms with Crippen LogP contribution in [0, 0.1) is 17.8 Å². The molecule has 2 nitrogen and oxygen atoms in total. The lowest BCUT2D eigenvalue weighted by Crippen LogP contribution is -2.27. The number of nitrogens with zero attached hydrogens (tertiary/aromatic N) is 1. The Bertz CT molecular complexity index is 385. The van der Waals surface area contributed by atoms with Gasteiger partial charge in [0.05, 0.1) is 0 Å². The van der Waals surface area contributed by atoms with Crippen LogP contribution in [0.5, 0.6) is 0 Å². The zero-order valence-corrected chi connectivity index (χ0v) is 11.4. The Balaban J connectivity index is 1.89.